The Kier molecular flexibility index (Phi) is 5.93. The molecule has 0 heterocycles. The van der Waals surface area contributed by atoms with Gasteiger partial charge in [-0.05, 0) is 24.6 Å². The van der Waals surface area contributed by atoms with E-state index in [0.717, 1.165) is 24.3 Å². The second kappa shape index (κ2) is 7.54. The number of nitrogens with one attached hydrogen (secondary N) is 2. The smallest absolute Gasteiger partial charge is 0.411 e. The maximum Gasteiger partial charge on any atom is 0.411 e. The van der Waals surface area contributed by atoms with E-state index in [1.54, 1.807) is 0 Å². The van der Waals surface area contributed by atoms with Gasteiger partial charge < -0.3 is 10.1 Å². The second-order valence-corrected chi connectivity index (χ2v) is 3.83. The third-order valence-corrected chi connectivity index (χ3v) is 2.40. The molecule has 0 fully saturated rings. The van der Waals surface area contributed by atoms with E-state index < -0.39 is 6.09 Å². The molecule has 1 aromatic rings. The first-order valence-electron chi connectivity index (χ1n) is 5.95. The zero-order chi connectivity index (χ0) is 12.5. The maximum atomic E-state index is 11.0. The van der Waals surface area contributed by atoms with Crippen molar-refractivity contribution in [3.63, 3.8) is 0 Å². The van der Waals surface area contributed by atoms with Gasteiger partial charge in [0, 0.05) is 17.9 Å². The van der Waals surface area contributed by atoms with Crippen LogP contribution in [0.1, 0.15) is 26.2 Å². The predicted octanol–water partition coefficient (Wildman–Crippen LogP) is 3.47. The van der Waals surface area contributed by atoms with Crippen molar-refractivity contribution in [3.8, 4) is 0 Å². The number of carbonyl (C=O) groups excluding carboxylic acids is 1. The molecule has 1 rings (SSSR count). The van der Waals surface area contributed by atoms with Gasteiger partial charge in [0.05, 0.1) is 7.11 Å². The van der Waals surface area contributed by atoms with E-state index >= 15 is 0 Å². The summed E-state index contributed by atoms with van der Waals surface area (Å²) >= 11 is 0. The molecule has 4 heteroatoms. The van der Waals surface area contributed by atoms with Gasteiger partial charge in [0.1, 0.15) is 0 Å². The van der Waals surface area contributed by atoms with Gasteiger partial charge in [0.2, 0.25) is 0 Å². The van der Waals surface area contributed by atoms with Gasteiger partial charge >= 0.3 is 6.09 Å². The lowest BCUT2D eigenvalue weighted by molar-refractivity contribution is 0.187. The standard InChI is InChI=1S/C13H20N2O2/c1-3-4-5-9-14-11-7-6-8-12(10-11)15-13(16)17-2/h6-8,10,14H,3-5,9H2,1-2H3,(H,15,16). The minimum atomic E-state index is -0.451. The molecule has 0 radical (unpaired) electrons. The molecule has 1 aromatic carbocycles. The van der Waals surface area contributed by atoms with Crippen molar-refractivity contribution in [2.75, 3.05) is 24.3 Å². The highest BCUT2D eigenvalue weighted by Crippen LogP contribution is 2.15. The molecule has 0 atom stereocenters. The molecule has 94 valence electrons. The molecule has 0 bridgehead atoms. The zero-order valence-corrected chi connectivity index (χ0v) is 10.5. The molecular weight excluding hydrogens is 216 g/mol. The minimum Gasteiger partial charge on any atom is -0.453 e. The van der Waals surface area contributed by atoms with Crippen LogP contribution in [0.3, 0.4) is 0 Å². The highest BCUT2D eigenvalue weighted by molar-refractivity contribution is 5.85. The van der Waals surface area contributed by atoms with Crippen molar-refractivity contribution in [1.82, 2.24) is 0 Å². The summed E-state index contributed by atoms with van der Waals surface area (Å²) < 4.78 is 4.54. The van der Waals surface area contributed by atoms with Gasteiger partial charge in [0.15, 0.2) is 0 Å². The van der Waals surface area contributed by atoms with Gasteiger partial charge in [-0.25, -0.2) is 4.79 Å². The highest BCUT2D eigenvalue weighted by Gasteiger charge is 2.00. The van der Waals surface area contributed by atoms with Gasteiger partial charge in [-0.1, -0.05) is 25.8 Å². The van der Waals surface area contributed by atoms with Crippen LogP contribution in [-0.4, -0.2) is 19.7 Å². The summed E-state index contributed by atoms with van der Waals surface area (Å²) in [5.74, 6) is 0. The summed E-state index contributed by atoms with van der Waals surface area (Å²) in [7, 11) is 1.35. The van der Waals surface area contributed by atoms with Crippen LogP contribution in [0.2, 0.25) is 0 Å². The molecule has 4 nitrogen and oxygen atoms in total. The largest absolute Gasteiger partial charge is 0.453 e. The van der Waals surface area contributed by atoms with E-state index in [0.29, 0.717) is 0 Å². The van der Waals surface area contributed by atoms with Crippen molar-refractivity contribution in [2.24, 2.45) is 0 Å². The summed E-state index contributed by atoms with van der Waals surface area (Å²) in [6.07, 6.45) is 3.15. The van der Waals surface area contributed by atoms with Crippen molar-refractivity contribution in [2.45, 2.75) is 26.2 Å². The van der Waals surface area contributed by atoms with Crippen LogP contribution < -0.4 is 10.6 Å². The molecule has 0 unspecified atom stereocenters. The van der Waals surface area contributed by atoms with E-state index in [1.807, 2.05) is 24.3 Å². The number of benzene rings is 1. The Morgan fingerprint density at radius 1 is 1.29 bits per heavy atom. The monoisotopic (exact) mass is 236 g/mol. The van der Waals surface area contributed by atoms with Crippen LogP contribution in [0.5, 0.6) is 0 Å². The third-order valence-electron chi connectivity index (χ3n) is 2.40. The van der Waals surface area contributed by atoms with Crippen LogP contribution in [0.25, 0.3) is 0 Å². The number of carbonyl (C=O) groups is 1. The molecule has 0 aliphatic heterocycles. The molecule has 0 spiro atoms. The lowest BCUT2D eigenvalue weighted by atomic mass is 10.2. The molecule has 2 N–H and O–H groups in total. The van der Waals surface area contributed by atoms with E-state index in [4.69, 9.17) is 0 Å². The van der Waals surface area contributed by atoms with Crippen LogP contribution >= 0.6 is 0 Å². The number of unbranched alkanes of at least 4 members (excludes halogenated alkanes) is 2. The van der Waals surface area contributed by atoms with Crippen molar-refractivity contribution in [3.05, 3.63) is 24.3 Å². The fourth-order valence-corrected chi connectivity index (χ4v) is 1.48. The molecule has 0 saturated heterocycles. The maximum absolute atomic E-state index is 11.0. The van der Waals surface area contributed by atoms with Crippen molar-refractivity contribution >= 4 is 17.5 Å². The first-order valence-corrected chi connectivity index (χ1v) is 5.95. The van der Waals surface area contributed by atoms with Gasteiger partial charge in [-0.15, -0.1) is 0 Å². The van der Waals surface area contributed by atoms with E-state index in [9.17, 15) is 4.79 Å². The van der Waals surface area contributed by atoms with Crippen LogP contribution in [0.15, 0.2) is 24.3 Å². The normalized spacial score (nSPS) is 9.76. The number of ether oxygens (including phenoxy) is 1. The summed E-state index contributed by atoms with van der Waals surface area (Å²) in [6, 6.07) is 7.60. The minimum absolute atomic E-state index is 0.451. The Morgan fingerprint density at radius 3 is 2.76 bits per heavy atom. The summed E-state index contributed by atoms with van der Waals surface area (Å²) in [6.45, 7) is 3.14. The zero-order valence-electron chi connectivity index (χ0n) is 10.5. The Labute approximate surface area is 102 Å². The molecule has 1 amide bonds. The van der Waals surface area contributed by atoms with Gasteiger partial charge in [0.25, 0.3) is 0 Å². The topological polar surface area (TPSA) is 50.4 Å². The van der Waals surface area contributed by atoms with E-state index in [1.165, 1.54) is 20.0 Å². The number of amides is 1. The Morgan fingerprint density at radius 2 is 2.06 bits per heavy atom. The molecular formula is C13H20N2O2. The van der Waals surface area contributed by atoms with Crippen molar-refractivity contribution in [1.29, 1.82) is 0 Å². The lowest BCUT2D eigenvalue weighted by Crippen LogP contribution is -2.11. The number of rotatable bonds is 6. The van der Waals surface area contributed by atoms with Gasteiger partial charge in [-0.3, -0.25) is 5.32 Å². The first-order chi connectivity index (χ1) is 8.26. The summed E-state index contributed by atoms with van der Waals surface area (Å²) in [5.41, 5.74) is 1.74. The fourth-order valence-electron chi connectivity index (χ4n) is 1.48. The van der Waals surface area contributed by atoms with Crippen LogP contribution in [0.4, 0.5) is 16.2 Å². The summed E-state index contributed by atoms with van der Waals surface area (Å²) in [4.78, 5) is 11.0. The van der Waals surface area contributed by atoms with Gasteiger partial charge in [-0.2, -0.15) is 0 Å². The van der Waals surface area contributed by atoms with E-state index in [-0.39, 0.29) is 0 Å². The van der Waals surface area contributed by atoms with E-state index in [2.05, 4.69) is 22.3 Å². The second-order valence-electron chi connectivity index (χ2n) is 3.83. The van der Waals surface area contributed by atoms with Crippen LogP contribution in [0, 0.1) is 0 Å². The summed E-state index contributed by atoms with van der Waals surface area (Å²) in [5, 5.41) is 5.95. The predicted molar refractivity (Wildman–Crippen MR) is 70.5 cm³/mol. The van der Waals surface area contributed by atoms with Crippen LogP contribution in [-0.2, 0) is 4.74 Å². The molecule has 0 aliphatic carbocycles. The average molecular weight is 236 g/mol. The third kappa shape index (κ3) is 5.24. The Bertz CT molecular complexity index is 353. The number of methoxy groups -OCH3 is 1. The SMILES string of the molecule is CCCCCNc1cccc(NC(=O)OC)c1. The first kappa shape index (κ1) is 13.4. The molecule has 0 aromatic heterocycles. The van der Waals surface area contributed by atoms with Crippen molar-refractivity contribution < 1.29 is 9.53 Å². The lowest BCUT2D eigenvalue weighted by Gasteiger charge is -2.08. The molecule has 0 aliphatic rings. The quantitative estimate of drug-likeness (QED) is 0.743. The average Bonchev–Trinajstić information content (AvgIpc) is 2.35. The highest BCUT2D eigenvalue weighted by atomic mass is 16.5. The Hall–Kier alpha value is -1.71. The number of hydrogen-bond acceptors (Lipinski definition) is 3. The molecule has 17 heavy (non-hydrogen) atoms. The fraction of sp³-hybridized carbons (Fsp3) is 0.462. The molecule has 0 saturated carbocycles. The Balaban J connectivity index is 2.45. The number of anilines is 2. The number of hydrogen-bond donors (Lipinski definition) is 2.